The van der Waals surface area contributed by atoms with Crippen molar-refractivity contribution in [2.75, 3.05) is 6.61 Å². The second-order valence-electron chi connectivity index (χ2n) is 6.46. The fourth-order valence-electron chi connectivity index (χ4n) is 2.97. The average Bonchev–Trinajstić information content (AvgIpc) is 3.21. The van der Waals surface area contributed by atoms with Crippen molar-refractivity contribution in [2.24, 2.45) is 5.73 Å². The summed E-state index contributed by atoms with van der Waals surface area (Å²) in [7, 11) is 0. The van der Waals surface area contributed by atoms with Gasteiger partial charge in [-0.1, -0.05) is 32.6 Å². The van der Waals surface area contributed by atoms with Gasteiger partial charge in [0.15, 0.2) is 0 Å². The number of nitrogens with one attached hydrogen (secondary N) is 1. The van der Waals surface area contributed by atoms with Crippen molar-refractivity contribution in [1.29, 1.82) is 0 Å². The van der Waals surface area contributed by atoms with Crippen LogP contribution in [0.2, 0.25) is 0 Å². The highest BCUT2D eigenvalue weighted by atomic mass is 32.1. The number of unbranched alkanes of at least 4 members (excludes halogenated alkanes) is 4. The van der Waals surface area contributed by atoms with E-state index in [2.05, 4.69) is 17.2 Å². The third-order valence-electron chi connectivity index (χ3n) is 4.43. The lowest BCUT2D eigenvalue weighted by atomic mass is 10.0. The molecule has 2 amide bonds. The van der Waals surface area contributed by atoms with E-state index in [4.69, 9.17) is 10.5 Å². The number of nitrogens with two attached hydrogens (primary N) is 1. The topological polar surface area (TPSA) is 135 Å². The van der Waals surface area contributed by atoms with Crippen LogP contribution in [0.3, 0.4) is 0 Å². The highest BCUT2D eigenvalue weighted by Gasteiger charge is 2.46. The molecule has 1 saturated heterocycles. The van der Waals surface area contributed by atoms with Gasteiger partial charge in [0.25, 0.3) is 5.91 Å². The normalized spacial score (nSPS) is 25.3. The number of rotatable bonds is 10. The van der Waals surface area contributed by atoms with Gasteiger partial charge in [-0.05, 0) is 6.42 Å². The number of aliphatic hydroxyl groups excluding tert-OH is 2. The lowest BCUT2D eigenvalue weighted by Gasteiger charge is -2.20. The highest BCUT2D eigenvalue weighted by molar-refractivity contribution is 7.09. The molecule has 0 radical (unpaired) electrons. The Morgan fingerprint density at radius 3 is 2.69 bits per heavy atom. The molecule has 1 aromatic heterocycles. The van der Waals surface area contributed by atoms with Crippen molar-refractivity contribution in [3.63, 3.8) is 0 Å². The number of thiazole rings is 1. The molecule has 1 aromatic rings. The molecule has 9 heteroatoms. The van der Waals surface area contributed by atoms with E-state index >= 15 is 0 Å². The Bertz CT molecular complexity index is 609. The second-order valence-corrected chi connectivity index (χ2v) is 7.35. The number of ether oxygens (including phenoxy) is 1. The molecule has 5 N–H and O–H groups in total. The van der Waals surface area contributed by atoms with Crippen LogP contribution < -0.4 is 11.1 Å². The number of aromatic nitrogens is 1. The van der Waals surface area contributed by atoms with Crippen molar-refractivity contribution < 1.29 is 24.5 Å². The first-order valence-corrected chi connectivity index (χ1v) is 9.84. The number of primary amides is 1. The number of hydrogen-bond acceptors (Lipinski definition) is 7. The molecule has 2 rings (SSSR count). The summed E-state index contributed by atoms with van der Waals surface area (Å²) in [4.78, 5) is 27.6. The Kier molecular flexibility index (Phi) is 7.95. The minimum atomic E-state index is -1.06. The second kappa shape index (κ2) is 9.96. The predicted octanol–water partition coefficient (Wildman–Crippen LogP) is 0.880. The molecular formula is C17H27N3O5S. The zero-order chi connectivity index (χ0) is 19.1. The predicted molar refractivity (Wildman–Crippen MR) is 96.6 cm³/mol. The molecule has 4 atom stereocenters. The Balaban J connectivity index is 1.99. The lowest BCUT2D eigenvalue weighted by Crippen LogP contribution is -2.45. The average molecular weight is 385 g/mol. The Morgan fingerprint density at radius 2 is 2.08 bits per heavy atom. The summed E-state index contributed by atoms with van der Waals surface area (Å²) in [5.74, 6) is -0.832. The van der Waals surface area contributed by atoms with Crippen LogP contribution in [0.25, 0.3) is 0 Å². The van der Waals surface area contributed by atoms with E-state index in [1.807, 2.05) is 0 Å². The number of aliphatic hydroxyl groups is 2. The SMILES string of the molecule is CCCCCCCC(=O)N[C@@H]1[C@H](O)[C@@H](CO)O[C@H]1c1nc(C(N)=O)cs1. The zero-order valence-electron chi connectivity index (χ0n) is 14.9. The van der Waals surface area contributed by atoms with Gasteiger partial charge in [-0.2, -0.15) is 0 Å². The smallest absolute Gasteiger partial charge is 0.268 e. The van der Waals surface area contributed by atoms with Crippen molar-refractivity contribution in [2.45, 2.75) is 69.8 Å². The number of amides is 2. The highest BCUT2D eigenvalue weighted by Crippen LogP contribution is 2.35. The van der Waals surface area contributed by atoms with E-state index in [-0.39, 0.29) is 18.2 Å². The van der Waals surface area contributed by atoms with Gasteiger partial charge in [-0.25, -0.2) is 4.98 Å². The number of nitrogens with zero attached hydrogens (tertiary/aromatic N) is 1. The van der Waals surface area contributed by atoms with Crippen LogP contribution in [0.4, 0.5) is 0 Å². The maximum absolute atomic E-state index is 12.2. The van der Waals surface area contributed by atoms with Crippen molar-refractivity contribution in [1.82, 2.24) is 10.3 Å². The summed E-state index contributed by atoms with van der Waals surface area (Å²) < 4.78 is 5.65. The first-order chi connectivity index (χ1) is 12.5. The largest absolute Gasteiger partial charge is 0.394 e. The molecule has 0 bridgehead atoms. The van der Waals surface area contributed by atoms with Gasteiger partial charge in [0.05, 0.1) is 12.6 Å². The number of hydrogen-bond donors (Lipinski definition) is 4. The van der Waals surface area contributed by atoms with Crippen molar-refractivity contribution in [3.8, 4) is 0 Å². The van der Waals surface area contributed by atoms with Crippen molar-refractivity contribution in [3.05, 3.63) is 16.1 Å². The summed E-state index contributed by atoms with van der Waals surface area (Å²) in [5, 5.41) is 24.5. The first kappa shape index (κ1) is 20.8. The van der Waals surface area contributed by atoms with Crippen LogP contribution in [0.15, 0.2) is 5.38 Å². The van der Waals surface area contributed by atoms with Gasteiger partial charge < -0.3 is 26.0 Å². The van der Waals surface area contributed by atoms with Crippen molar-refractivity contribution >= 4 is 23.2 Å². The molecule has 1 fully saturated rings. The quantitative estimate of drug-likeness (QED) is 0.442. The molecule has 8 nitrogen and oxygen atoms in total. The van der Waals surface area contributed by atoms with E-state index in [0.717, 1.165) is 32.1 Å². The molecule has 1 aliphatic heterocycles. The Hall–Kier alpha value is -1.55. The van der Waals surface area contributed by atoms with Gasteiger partial charge in [-0.3, -0.25) is 9.59 Å². The zero-order valence-corrected chi connectivity index (χ0v) is 15.7. The molecule has 26 heavy (non-hydrogen) atoms. The van der Waals surface area contributed by atoms with Crippen LogP contribution in [0.1, 0.15) is 67.0 Å². The molecule has 0 saturated carbocycles. The monoisotopic (exact) mass is 385 g/mol. The maximum atomic E-state index is 12.2. The third-order valence-corrected chi connectivity index (χ3v) is 5.34. The molecule has 2 heterocycles. The molecule has 0 aromatic carbocycles. The summed E-state index contributed by atoms with van der Waals surface area (Å²) in [5.41, 5.74) is 5.32. The van der Waals surface area contributed by atoms with Gasteiger partial charge in [0, 0.05) is 11.8 Å². The van der Waals surface area contributed by atoms with Crippen LogP contribution in [0.5, 0.6) is 0 Å². The van der Waals surface area contributed by atoms with Gasteiger partial charge in [0.1, 0.15) is 29.0 Å². The summed E-state index contributed by atoms with van der Waals surface area (Å²) in [6.07, 6.45) is 2.92. The molecule has 0 aliphatic carbocycles. The Morgan fingerprint density at radius 1 is 1.35 bits per heavy atom. The molecule has 0 spiro atoms. The molecule has 1 aliphatic rings. The van der Waals surface area contributed by atoms with E-state index in [0.29, 0.717) is 11.4 Å². The third kappa shape index (κ3) is 5.23. The standard InChI is InChI=1S/C17H27N3O5S/c1-2-3-4-5-6-7-12(22)20-13-14(23)11(8-21)25-15(13)17-19-10(9-26-17)16(18)24/h9,11,13-15,21,23H,2-8H2,1H3,(H2,18,24)(H,20,22)/t11-,13-,14-,15-/m1/s1. The van der Waals surface area contributed by atoms with E-state index < -0.39 is 30.3 Å². The van der Waals surface area contributed by atoms with E-state index in [1.165, 1.54) is 16.7 Å². The maximum Gasteiger partial charge on any atom is 0.268 e. The minimum Gasteiger partial charge on any atom is -0.394 e. The van der Waals surface area contributed by atoms with Crippen LogP contribution in [-0.2, 0) is 9.53 Å². The van der Waals surface area contributed by atoms with Crippen LogP contribution in [0, 0.1) is 0 Å². The summed E-state index contributed by atoms with van der Waals surface area (Å²) in [6, 6.07) is -0.734. The minimum absolute atomic E-state index is 0.108. The van der Waals surface area contributed by atoms with Gasteiger partial charge in [0.2, 0.25) is 5.91 Å². The fourth-order valence-corrected chi connectivity index (χ4v) is 3.85. The molecule has 146 valence electrons. The lowest BCUT2D eigenvalue weighted by molar-refractivity contribution is -0.122. The van der Waals surface area contributed by atoms with Crippen LogP contribution in [-0.4, -0.2) is 51.9 Å². The molecular weight excluding hydrogens is 358 g/mol. The fraction of sp³-hybridized carbons (Fsp3) is 0.706. The number of carbonyl (C=O) groups excluding carboxylic acids is 2. The molecule has 0 unspecified atom stereocenters. The number of carbonyl (C=O) groups is 2. The van der Waals surface area contributed by atoms with Crippen LogP contribution >= 0.6 is 11.3 Å². The summed E-state index contributed by atoms with van der Waals surface area (Å²) >= 11 is 1.17. The summed E-state index contributed by atoms with van der Waals surface area (Å²) in [6.45, 7) is 1.75. The van der Waals surface area contributed by atoms with E-state index in [9.17, 15) is 19.8 Å². The van der Waals surface area contributed by atoms with Gasteiger partial charge in [-0.15, -0.1) is 11.3 Å². The Labute approximate surface area is 156 Å². The van der Waals surface area contributed by atoms with Gasteiger partial charge >= 0.3 is 0 Å². The first-order valence-electron chi connectivity index (χ1n) is 8.96. The van der Waals surface area contributed by atoms with E-state index in [1.54, 1.807) is 0 Å².